The minimum Gasteiger partial charge on any atom is -0.395 e. The molecule has 0 aromatic carbocycles. The van der Waals surface area contributed by atoms with E-state index in [2.05, 4.69) is 6.92 Å². The van der Waals surface area contributed by atoms with Gasteiger partial charge in [-0.1, -0.05) is 26.8 Å². The van der Waals surface area contributed by atoms with Gasteiger partial charge in [-0.2, -0.15) is 0 Å². The number of allylic oxidation sites excluding steroid dienone is 1. The van der Waals surface area contributed by atoms with Gasteiger partial charge in [0.15, 0.2) is 5.78 Å². The third-order valence-corrected chi connectivity index (χ3v) is 2.68. The highest BCUT2D eigenvalue weighted by molar-refractivity contribution is 5.97. The highest BCUT2D eigenvalue weighted by Crippen LogP contribution is 2.32. The maximum atomic E-state index is 11.6. The van der Waals surface area contributed by atoms with Gasteiger partial charge < -0.3 is 5.11 Å². The Labute approximate surface area is 79.6 Å². The molecule has 0 bridgehead atoms. The number of Topliss-reactive ketones (excluding diaryl/α,β-unsaturated/α-hetero) is 1. The maximum Gasteiger partial charge on any atom is 0.159 e. The molecule has 1 rings (SSSR count). The lowest BCUT2D eigenvalue weighted by Gasteiger charge is -2.28. The van der Waals surface area contributed by atoms with Crippen LogP contribution in [0.15, 0.2) is 11.6 Å². The van der Waals surface area contributed by atoms with E-state index in [1.54, 1.807) is 0 Å². The van der Waals surface area contributed by atoms with Gasteiger partial charge in [-0.15, -0.1) is 0 Å². The van der Waals surface area contributed by atoms with Gasteiger partial charge in [-0.3, -0.25) is 4.79 Å². The Morgan fingerprint density at radius 2 is 2.23 bits per heavy atom. The first-order chi connectivity index (χ1) is 5.97. The standard InChI is InChI=1S/C11H18O2/c1-8-4-5-9(10(13)6-8)11(2,3)7-12/h5,8,12H,4,6-7H2,1-3H3. The minimum absolute atomic E-state index is 0.0406. The van der Waals surface area contributed by atoms with E-state index >= 15 is 0 Å². The lowest BCUT2D eigenvalue weighted by Crippen LogP contribution is -2.28. The quantitative estimate of drug-likeness (QED) is 0.708. The van der Waals surface area contributed by atoms with Crippen LogP contribution in [-0.4, -0.2) is 17.5 Å². The third kappa shape index (κ3) is 2.19. The van der Waals surface area contributed by atoms with Gasteiger partial charge in [0, 0.05) is 11.8 Å². The molecule has 0 saturated heterocycles. The van der Waals surface area contributed by atoms with E-state index in [0.717, 1.165) is 12.0 Å². The van der Waals surface area contributed by atoms with Gasteiger partial charge in [0.2, 0.25) is 0 Å². The zero-order valence-corrected chi connectivity index (χ0v) is 8.63. The van der Waals surface area contributed by atoms with Crippen LogP contribution in [0.3, 0.4) is 0 Å². The van der Waals surface area contributed by atoms with Crippen molar-refractivity contribution < 1.29 is 9.90 Å². The summed E-state index contributed by atoms with van der Waals surface area (Å²) in [5.41, 5.74) is 0.449. The summed E-state index contributed by atoms with van der Waals surface area (Å²) < 4.78 is 0. The Bertz CT molecular complexity index is 238. The van der Waals surface area contributed by atoms with Crippen LogP contribution in [0, 0.1) is 11.3 Å². The van der Waals surface area contributed by atoms with Gasteiger partial charge in [-0.25, -0.2) is 0 Å². The number of ketones is 1. The van der Waals surface area contributed by atoms with Crippen LogP contribution in [-0.2, 0) is 4.79 Å². The molecular formula is C11H18O2. The first-order valence-corrected chi connectivity index (χ1v) is 4.82. The summed E-state index contributed by atoms with van der Waals surface area (Å²) in [6.45, 7) is 5.94. The zero-order valence-electron chi connectivity index (χ0n) is 8.63. The number of aliphatic hydroxyl groups is 1. The molecule has 1 aliphatic carbocycles. The van der Waals surface area contributed by atoms with Crippen molar-refractivity contribution in [3.63, 3.8) is 0 Å². The fraction of sp³-hybridized carbons (Fsp3) is 0.727. The number of carbonyl (C=O) groups excluding carboxylic acids is 1. The molecule has 13 heavy (non-hydrogen) atoms. The molecule has 0 aliphatic heterocycles. The Balaban J connectivity index is 2.86. The van der Waals surface area contributed by atoms with E-state index in [-0.39, 0.29) is 17.8 Å². The van der Waals surface area contributed by atoms with E-state index in [4.69, 9.17) is 5.11 Å². The summed E-state index contributed by atoms with van der Waals surface area (Å²) in [7, 11) is 0. The molecule has 2 nitrogen and oxygen atoms in total. The van der Waals surface area contributed by atoms with E-state index in [1.807, 2.05) is 19.9 Å². The first kappa shape index (κ1) is 10.5. The van der Waals surface area contributed by atoms with Crippen molar-refractivity contribution in [3.8, 4) is 0 Å². The number of aliphatic hydroxyl groups excluding tert-OH is 1. The molecule has 0 fully saturated rings. The van der Waals surface area contributed by atoms with E-state index in [1.165, 1.54) is 0 Å². The number of rotatable bonds is 2. The molecule has 1 N–H and O–H groups in total. The Morgan fingerprint density at radius 3 is 2.69 bits per heavy atom. The minimum atomic E-state index is -0.364. The Morgan fingerprint density at radius 1 is 1.62 bits per heavy atom. The second-order valence-electron chi connectivity index (χ2n) is 4.63. The molecule has 74 valence electrons. The van der Waals surface area contributed by atoms with Gasteiger partial charge in [0.05, 0.1) is 6.61 Å². The molecular weight excluding hydrogens is 164 g/mol. The van der Waals surface area contributed by atoms with E-state index in [9.17, 15) is 4.79 Å². The van der Waals surface area contributed by atoms with Crippen molar-refractivity contribution in [1.29, 1.82) is 0 Å². The van der Waals surface area contributed by atoms with Gasteiger partial charge >= 0.3 is 0 Å². The van der Waals surface area contributed by atoms with Crippen LogP contribution in [0.5, 0.6) is 0 Å². The highest BCUT2D eigenvalue weighted by atomic mass is 16.3. The summed E-state index contributed by atoms with van der Waals surface area (Å²) >= 11 is 0. The van der Waals surface area contributed by atoms with Crippen molar-refractivity contribution in [2.24, 2.45) is 11.3 Å². The van der Waals surface area contributed by atoms with Crippen LogP contribution in [0.25, 0.3) is 0 Å². The summed E-state index contributed by atoms with van der Waals surface area (Å²) in [6, 6.07) is 0. The second kappa shape index (κ2) is 3.62. The molecule has 0 aromatic rings. The third-order valence-electron chi connectivity index (χ3n) is 2.68. The fourth-order valence-corrected chi connectivity index (χ4v) is 1.68. The van der Waals surface area contributed by atoms with E-state index < -0.39 is 0 Å². The fourth-order valence-electron chi connectivity index (χ4n) is 1.68. The summed E-state index contributed by atoms with van der Waals surface area (Å²) in [5.74, 6) is 0.670. The van der Waals surface area contributed by atoms with Crippen molar-refractivity contribution in [2.75, 3.05) is 6.61 Å². The molecule has 0 aromatic heterocycles. The SMILES string of the molecule is CC1CC=C(C(C)(C)CO)C(=O)C1. The molecule has 1 atom stereocenters. The molecule has 0 radical (unpaired) electrons. The molecule has 0 amide bonds. The van der Waals surface area contributed by atoms with E-state index in [0.29, 0.717) is 12.3 Å². The monoisotopic (exact) mass is 182 g/mol. The average Bonchev–Trinajstić information content (AvgIpc) is 2.03. The number of hydrogen-bond donors (Lipinski definition) is 1. The molecule has 0 saturated carbocycles. The smallest absolute Gasteiger partial charge is 0.159 e. The number of hydrogen-bond acceptors (Lipinski definition) is 2. The van der Waals surface area contributed by atoms with Crippen LogP contribution >= 0.6 is 0 Å². The topological polar surface area (TPSA) is 37.3 Å². The summed E-state index contributed by atoms with van der Waals surface area (Å²) in [5, 5.41) is 9.14. The predicted octanol–water partition coefficient (Wildman–Crippen LogP) is 1.93. The zero-order chi connectivity index (χ0) is 10.1. The van der Waals surface area contributed by atoms with Gasteiger partial charge in [0.25, 0.3) is 0 Å². The lowest BCUT2D eigenvalue weighted by molar-refractivity contribution is -0.118. The molecule has 1 unspecified atom stereocenters. The predicted molar refractivity (Wildman–Crippen MR) is 52.4 cm³/mol. The van der Waals surface area contributed by atoms with Crippen molar-refractivity contribution >= 4 is 5.78 Å². The van der Waals surface area contributed by atoms with Crippen LogP contribution in [0.2, 0.25) is 0 Å². The normalized spacial score (nSPS) is 24.5. The van der Waals surface area contributed by atoms with Crippen molar-refractivity contribution in [3.05, 3.63) is 11.6 Å². The highest BCUT2D eigenvalue weighted by Gasteiger charge is 2.30. The second-order valence-corrected chi connectivity index (χ2v) is 4.63. The van der Waals surface area contributed by atoms with Gasteiger partial charge in [-0.05, 0) is 17.9 Å². The van der Waals surface area contributed by atoms with Crippen LogP contribution in [0.1, 0.15) is 33.6 Å². The lowest BCUT2D eigenvalue weighted by atomic mass is 9.76. The Hall–Kier alpha value is -0.630. The largest absolute Gasteiger partial charge is 0.395 e. The van der Waals surface area contributed by atoms with Crippen molar-refractivity contribution in [1.82, 2.24) is 0 Å². The van der Waals surface area contributed by atoms with Gasteiger partial charge in [0.1, 0.15) is 0 Å². The molecule has 0 heterocycles. The molecule has 1 aliphatic rings. The van der Waals surface area contributed by atoms with Crippen molar-refractivity contribution in [2.45, 2.75) is 33.6 Å². The summed E-state index contributed by atoms with van der Waals surface area (Å²) in [4.78, 5) is 11.6. The Kier molecular flexibility index (Phi) is 2.91. The first-order valence-electron chi connectivity index (χ1n) is 4.82. The number of carbonyl (C=O) groups is 1. The molecule has 0 spiro atoms. The van der Waals surface area contributed by atoms with Crippen LogP contribution in [0.4, 0.5) is 0 Å². The van der Waals surface area contributed by atoms with Crippen LogP contribution < -0.4 is 0 Å². The average molecular weight is 182 g/mol. The molecule has 2 heteroatoms. The maximum absolute atomic E-state index is 11.6. The summed E-state index contributed by atoms with van der Waals surface area (Å²) in [6.07, 6.45) is 3.59.